The Kier molecular flexibility index (Phi) is 2.15. The van der Waals surface area contributed by atoms with Gasteiger partial charge in [-0.2, -0.15) is 0 Å². The lowest BCUT2D eigenvalue weighted by Crippen LogP contribution is -2.35. The van der Waals surface area contributed by atoms with E-state index in [0.717, 1.165) is 6.42 Å². The Bertz CT molecular complexity index is 310. The molecule has 0 bridgehead atoms. The van der Waals surface area contributed by atoms with E-state index in [9.17, 15) is 9.59 Å². The summed E-state index contributed by atoms with van der Waals surface area (Å²) >= 11 is 0. The highest BCUT2D eigenvalue weighted by Crippen LogP contribution is 2.43. The first-order valence-corrected chi connectivity index (χ1v) is 4.84. The summed E-state index contributed by atoms with van der Waals surface area (Å²) in [7, 11) is 0. The van der Waals surface area contributed by atoms with Crippen LogP contribution in [0.2, 0.25) is 0 Å². The van der Waals surface area contributed by atoms with Crippen LogP contribution in [0.4, 0.5) is 0 Å². The summed E-state index contributed by atoms with van der Waals surface area (Å²) in [6, 6.07) is 0. The fourth-order valence-electron chi connectivity index (χ4n) is 2.40. The van der Waals surface area contributed by atoms with Crippen molar-refractivity contribution >= 4 is 11.8 Å². The Morgan fingerprint density at radius 2 is 2.36 bits per heavy atom. The largest absolute Gasteiger partial charge is 0.396 e. The molecule has 2 N–H and O–H groups in total. The molecular weight excluding hydrogens is 182 g/mol. The predicted molar refractivity (Wildman–Crippen MR) is 49.1 cm³/mol. The number of aliphatic hydroxyl groups excluding tert-OH is 1. The summed E-state index contributed by atoms with van der Waals surface area (Å²) in [4.78, 5) is 23.1. The van der Waals surface area contributed by atoms with Crippen molar-refractivity contribution in [2.24, 2.45) is 11.3 Å². The van der Waals surface area contributed by atoms with E-state index in [-0.39, 0.29) is 24.3 Å². The Morgan fingerprint density at radius 3 is 3.07 bits per heavy atom. The van der Waals surface area contributed by atoms with E-state index >= 15 is 0 Å². The minimum absolute atomic E-state index is 0.0679. The molecule has 14 heavy (non-hydrogen) atoms. The van der Waals surface area contributed by atoms with Crippen LogP contribution in [0.15, 0.2) is 12.2 Å². The maximum absolute atomic E-state index is 11.6. The van der Waals surface area contributed by atoms with Gasteiger partial charge >= 0.3 is 0 Å². The van der Waals surface area contributed by atoms with Crippen LogP contribution in [0.3, 0.4) is 0 Å². The molecule has 0 aromatic rings. The fraction of sp³-hybridized carbons (Fsp3) is 0.600. The number of carbonyl (C=O) groups excluding carboxylic acids is 2. The van der Waals surface area contributed by atoms with Gasteiger partial charge in [-0.05, 0) is 19.3 Å². The minimum Gasteiger partial charge on any atom is -0.396 e. The highest BCUT2D eigenvalue weighted by Gasteiger charge is 2.53. The number of aliphatic hydroxyl groups is 1. The summed E-state index contributed by atoms with van der Waals surface area (Å²) in [5, 5.41) is 11.3. The standard InChI is InChI=1S/C10H13NO3/c12-6-5-10-4-2-1-3-7(10)8(13)11-9(10)14/h2,4,7,12H,1,3,5-6H2,(H,11,13,14). The highest BCUT2D eigenvalue weighted by atomic mass is 16.3. The Morgan fingerprint density at radius 1 is 1.57 bits per heavy atom. The van der Waals surface area contributed by atoms with Crippen LogP contribution >= 0.6 is 0 Å². The van der Waals surface area contributed by atoms with Crippen molar-refractivity contribution in [2.75, 3.05) is 6.61 Å². The fourth-order valence-corrected chi connectivity index (χ4v) is 2.40. The maximum atomic E-state index is 11.6. The number of imide groups is 1. The van der Waals surface area contributed by atoms with Crippen molar-refractivity contribution in [3.63, 3.8) is 0 Å². The zero-order valence-corrected chi connectivity index (χ0v) is 7.82. The molecule has 2 atom stereocenters. The van der Waals surface area contributed by atoms with Gasteiger partial charge in [-0.1, -0.05) is 12.2 Å². The average molecular weight is 195 g/mol. The third kappa shape index (κ3) is 1.10. The molecule has 0 saturated carbocycles. The lowest BCUT2D eigenvalue weighted by molar-refractivity contribution is -0.127. The highest BCUT2D eigenvalue weighted by molar-refractivity contribution is 6.08. The van der Waals surface area contributed by atoms with Gasteiger partial charge in [-0.15, -0.1) is 0 Å². The van der Waals surface area contributed by atoms with Gasteiger partial charge in [0.05, 0.1) is 11.3 Å². The Labute approximate surface area is 82.0 Å². The second-order valence-corrected chi connectivity index (χ2v) is 3.86. The van der Waals surface area contributed by atoms with E-state index in [1.807, 2.05) is 6.08 Å². The van der Waals surface area contributed by atoms with Crippen LogP contribution in [0, 0.1) is 11.3 Å². The van der Waals surface area contributed by atoms with Crippen molar-refractivity contribution in [1.29, 1.82) is 0 Å². The number of amides is 2. The molecule has 2 aliphatic rings. The van der Waals surface area contributed by atoms with Gasteiger partial charge in [0.1, 0.15) is 0 Å². The first-order valence-electron chi connectivity index (χ1n) is 4.84. The van der Waals surface area contributed by atoms with Crippen LogP contribution in [0.1, 0.15) is 19.3 Å². The van der Waals surface area contributed by atoms with Crippen molar-refractivity contribution in [3.05, 3.63) is 12.2 Å². The molecule has 1 aliphatic heterocycles. The number of fused-ring (bicyclic) bond motifs is 1. The molecule has 1 heterocycles. The first kappa shape index (κ1) is 9.40. The van der Waals surface area contributed by atoms with Crippen LogP contribution < -0.4 is 5.32 Å². The van der Waals surface area contributed by atoms with Gasteiger partial charge in [-0.25, -0.2) is 0 Å². The number of nitrogens with one attached hydrogen (secondary N) is 1. The Hall–Kier alpha value is -1.16. The third-order valence-electron chi connectivity index (χ3n) is 3.16. The number of hydrogen-bond donors (Lipinski definition) is 2. The number of allylic oxidation sites excluding steroid dienone is 1. The molecule has 0 spiro atoms. The van der Waals surface area contributed by atoms with Gasteiger partial charge < -0.3 is 5.11 Å². The van der Waals surface area contributed by atoms with Gasteiger partial charge in [0, 0.05) is 6.61 Å². The molecule has 4 nitrogen and oxygen atoms in total. The molecule has 1 saturated heterocycles. The van der Waals surface area contributed by atoms with E-state index in [0.29, 0.717) is 12.8 Å². The van der Waals surface area contributed by atoms with E-state index in [1.165, 1.54) is 0 Å². The smallest absolute Gasteiger partial charge is 0.237 e. The van der Waals surface area contributed by atoms with E-state index in [4.69, 9.17) is 5.11 Å². The second kappa shape index (κ2) is 3.20. The molecule has 76 valence electrons. The quantitative estimate of drug-likeness (QED) is 0.480. The second-order valence-electron chi connectivity index (χ2n) is 3.86. The van der Waals surface area contributed by atoms with E-state index in [1.54, 1.807) is 6.08 Å². The summed E-state index contributed by atoms with van der Waals surface area (Å²) in [5.74, 6) is -0.711. The van der Waals surface area contributed by atoms with Gasteiger partial charge in [0.2, 0.25) is 11.8 Å². The zero-order chi connectivity index (χ0) is 10.2. The van der Waals surface area contributed by atoms with Crippen molar-refractivity contribution in [1.82, 2.24) is 5.32 Å². The van der Waals surface area contributed by atoms with Crippen LogP contribution in [-0.2, 0) is 9.59 Å². The monoisotopic (exact) mass is 195 g/mol. The minimum atomic E-state index is -0.760. The first-order chi connectivity index (χ1) is 6.70. The average Bonchev–Trinajstić information content (AvgIpc) is 2.41. The summed E-state index contributed by atoms with van der Waals surface area (Å²) in [6.45, 7) is -0.0679. The van der Waals surface area contributed by atoms with Crippen molar-refractivity contribution in [2.45, 2.75) is 19.3 Å². The molecule has 2 rings (SSSR count). The normalized spacial score (nSPS) is 35.6. The van der Waals surface area contributed by atoms with Crippen molar-refractivity contribution in [3.8, 4) is 0 Å². The predicted octanol–water partition coefficient (Wildman–Crippen LogP) is -0.0222. The van der Waals surface area contributed by atoms with Crippen LogP contribution in [0.25, 0.3) is 0 Å². The van der Waals surface area contributed by atoms with Crippen LogP contribution in [-0.4, -0.2) is 23.5 Å². The van der Waals surface area contributed by atoms with Gasteiger partial charge in [-0.3, -0.25) is 14.9 Å². The number of rotatable bonds is 2. The van der Waals surface area contributed by atoms with Crippen molar-refractivity contribution < 1.29 is 14.7 Å². The summed E-state index contributed by atoms with van der Waals surface area (Å²) in [6.07, 6.45) is 5.58. The lowest BCUT2D eigenvalue weighted by atomic mass is 9.70. The molecule has 1 aliphatic carbocycles. The molecule has 4 heteroatoms. The molecule has 1 fully saturated rings. The SMILES string of the molecule is O=C1NC(=O)C2(CCO)C=CCCC12. The zero-order valence-electron chi connectivity index (χ0n) is 7.82. The molecule has 0 radical (unpaired) electrons. The summed E-state index contributed by atoms with van der Waals surface area (Å²) < 4.78 is 0. The molecule has 0 aromatic heterocycles. The number of hydrogen-bond acceptors (Lipinski definition) is 3. The topological polar surface area (TPSA) is 66.4 Å². The number of carbonyl (C=O) groups is 2. The molecule has 0 aromatic carbocycles. The van der Waals surface area contributed by atoms with E-state index in [2.05, 4.69) is 5.32 Å². The van der Waals surface area contributed by atoms with Gasteiger partial charge in [0.15, 0.2) is 0 Å². The molecule has 2 amide bonds. The summed E-state index contributed by atoms with van der Waals surface area (Å²) in [5.41, 5.74) is -0.760. The maximum Gasteiger partial charge on any atom is 0.237 e. The lowest BCUT2D eigenvalue weighted by Gasteiger charge is -2.30. The Balaban J connectivity index is 2.39. The molecular formula is C10H13NO3. The van der Waals surface area contributed by atoms with E-state index < -0.39 is 5.41 Å². The van der Waals surface area contributed by atoms with Crippen LogP contribution in [0.5, 0.6) is 0 Å². The van der Waals surface area contributed by atoms with Gasteiger partial charge in [0.25, 0.3) is 0 Å². The molecule has 2 unspecified atom stereocenters. The third-order valence-corrected chi connectivity index (χ3v) is 3.16.